The highest BCUT2D eigenvalue weighted by Crippen LogP contribution is 2.19. The molecule has 1 saturated heterocycles. The van der Waals surface area contributed by atoms with Gasteiger partial charge in [0, 0.05) is 25.4 Å². The number of amides is 1. The predicted octanol–water partition coefficient (Wildman–Crippen LogP) is 2.39. The second kappa shape index (κ2) is 5.34. The maximum Gasteiger partial charge on any atom is 0.410 e. The molecule has 0 radical (unpaired) electrons. The molecule has 0 bridgehead atoms. The topological polar surface area (TPSA) is 46.6 Å². The summed E-state index contributed by atoms with van der Waals surface area (Å²) in [6.45, 7) is 10.0. The Balaban J connectivity index is 2.58. The molecule has 0 aromatic rings. The lowest BCUT2D eigenvalue weighted by Crippen LogP contribution is -2.46. The van der Waals surface area contributed by atoms with E-state index in [1.807, 2.05) is 20.8 Å². The maximum atomic E-state index is 11.8. The lowest BCUT2D eigenvalue weighted by atomic mass is 9.94. The smallest absolute Gasteiger partial charge is 0.410 e. The number of Topliss-reactive ketones (excluding diaryl/α,β-unsaturated/α-hetero) is 1. The lowest BCUT2D eigenvalue weighted by molar-refractivity contribution is -0.125. The number of carbonyl (C=O) groups is 2. The number of hydrogen-bond donors (Lipinski definition) is 0. The number of ketones is 1. The Morgan fingerprint density at radius 2 is 2.24 bits per heavy atom. The first-order valence-electron chi connectivity index (χ1n) is 5.95. The van der Waals surface area contributed by atoms with Crippen LogP contribution in [0.25, 0.3) is 0 Å². The number of piperidine rings is 1. The van der Waals surface area contributed by atoms with Crippen molar-refractivity contribution in [2.45, 2.75) is 39.2 Å². The van der Waals surface area contributed by atoms with Crippen molar-refractivity contribution >= 4 is 11.9 Å². The van der Waals surface area contributed by atoms with Gasteiger partial charge in [0.1, 0.15) is 11.4 Å². The molecular formula is C13H21NO3. The molecule has 0 unspecified atom stereocenters. The number of hydrogen-bond acceptors (Lipinski definition) is 3. The van der Waals surface area contributed by atoms with Crippen molar-refractivity contribution in [1.82, 2.24) is 4.90 Å². The van der Waals surface area contributed by atoms with Gasteiger partial charge in [-0.25, -0.2) is 4.79 Å². The molecule has 0 spiro atoms. The molecule has 0 saturated carbocycles. The van der Waals surface area contributed by atoms with Gasteiger partial charge in [-0.15, -0.1) is 6.58 Å². The molecule has 4 nitrogen and oxygen atoms in total. The van der Waals surface area contributed by atoms with E-state index in [0.717, 1.165) is 0 Å². The molecule has 1 atom stereocenters. The highest BCUT2D eigenvalue weighted by Gasteiger charge is 2.31. The second-order valence-electron chi connectivity index (χ2n) is 5.36. The molecule has 0 aromatic heterocycles. The maximum absolute atomic E-state index is 11.8. The van der Waals surface area contributed by atoms with Crippen LogP contribution in [0.1, 0.15) is 33.6 Å². The minimum absolute atomic E-state index is 0.117. The quantitative estimate of drug-likeness (QED) is 0.695. The molecule has 0 aromatic carbocycles. The van der Waals surface area contributed by atoms with Crippen LogP contribution in [-0.2, 0) is 9.53 Å². The van der Waals surface area contributed by atoms with Crippen LogP contribution >= 0.6 is 0 Å². The first kappa shape index (κ1) is 13.7. The van der Waals surface area contributed by atoms with E-state index < -0.39 is 5.60 Å². The number of carbonyl (C=O) groups excluding carboxylic acids is 2. The second-order valence-corrected chi connectivity index (χ2v) is 5.36. The monoisotopic (exact) mass is 239 g/mol. The van der Waals surface area contributed by atoms with E-state index in [-0.39, 0.29) is 17.8 Å². The van der Waals surface area contributed by atoms with Crippen LogP contribution < -0.4 is 0 Å². The number of ether oxygens (including phenoxy) is 1. The summed E-state index contributed by atoms with van der Waals surface area (Å²) in [4.78, 5) is 25.1. The molecule has 0 N–H and O–H groups in total. The average Bonchev–Trinajstić information content (AvgIpc) is 2.19. The van der Waals surface area contributed by atoms with Crippen molar-refractivity contribution in [1.29, 1.82) is 0 Å². The number of allylic oxidation sites excluding steroid dienone is 1. The number of rotatable bonds is 2. The predicted molar refractivity (Wildman–Crippen MR) is 65.7 cm³/mol. The first-order chi connectivity index (χ1) is 7.83. The van der Waals surface area contributed by atoms with Crippen molar-refractivity contribution in [3.8, 4) is 0 Å². The van der Waals surface area contributed by atoms with Crippen molar-refractivity contribution in [2.75, 3.05) is 13.1 Å². The summed E-state index contributed by atoms with van der Waals surface area (Å²) >= 11 is 0. The van der Waals surface area contributed by atoms with E-state index in [2.05, 4.69) is 6.58 Å². The van der Waals surface area contributed by atoms with Gasteiger partial charge >= 0.3 is 6.09 Å². The first-order valence-corrected chi connectivity index (χ1v) is 5.95. The Morgan fingerprint density at radius 1 is 1.59 bits per heavy atom. The molecule has 0 aliphatic carbocycles. The molecule has 1 fully saturated rings. The van der Waals surface area contributed by atoms with E-state index in [0.29, 0.717) is 25.9 Å². The van der Waals surface area contributed by atoms with Crippen LogP contribution in [0.4, 0.5) is 4.79 Å². The molecule has 96 valence electrons. The van der Waals surface area contributed by atoms with Gasteiger partial charge in [-0.2, -0.15) is 0 Å². The molecule has 17 heavy (non-hydrogen) atoms. The fourth-order valence-corrected chi connectivity index (χ4v) is 1.81. The van der Waals surface area contributed by atoms with Gasteiger partial charge in [0.15, 0.2) is 0 Å². The van der Waals surface area contributed by atoms with Crippen LogP contribution in [-0.4, -0.2) is 35.5 Å². The number of nitrogens with zero attached hydrogens (tertiary/aromatic N) is 1. The zero-order chi connectivity index (χ0) is 13.1. The van der Waals surface area contributed by atoms with E-state index >= 15 is 0 Å². The summed E-state index contributed by atoms with van der Waals surface area (Å²) in [5, 5.41) is 0. The third-order valence-corrected chi connectivity index (χ3v) is 2.63. The van der Waals surface area contributed by atoms with E-state index in [4.69, 9.17) is 4.74 Å². The van der Waals surface area contributed by atoms with E-state index in [9.17, 15) is 9.59 Å². The lowest BCUT2D eigenvalue weighted by Gasteiger charge is -2.33. The average molecular weight is 239 g/mol. The molecule has 1 aliphatic rings. The summed E-state index contributed by atoms with van der Waals surface area (Å²) in [5.74, 6) is 0.0958. The van der Waals surface area contributed by atoms with Crippen LogP contribution in [0.5, 0.6) is 0 Å². The van der Waals surface area contributed by atoms with Gasteiger partial charge in [0.25, 0.3) is 0 Å². The van der Waals surface area contributed by atoms with Crippen molar-refractivity contribution in [3.05, 3.63) is 12.7 Å². The zero-order valence-corrected chi connectivity index (χ0v) is 10.9. The number of likely N-dealkylation sites (tertiary alicyclic amines) is 1. The van der Waals surface area contributed by atoms with Crippen molar-refractivity contribution in [2.24, 2.45) is 5.92 Å². The van der Waals surface area contributed by atoms with Crippen molar-refractivity contribution < 1.29 is 14.3 Å². The Kier molecular flexibility index (Phi) is 4.32. The molecule has 1 aliphatic heterocycles. The van der Waals surface area contributed by atoms with E-state index in [1.54, 1.807) is 11.0 Å². The van der Waals surface area contributed by atoms with Gasteiger partial charge in [-0.3, -0.25) is 4.79 Å². The van der Waals surface area contributed by atoms with Gasteiger partial charge in [0.2, 0.25) is 0 Å². The minimum atomic E-state index is -0.494. The van der Waals surface area contributed by atoms with Gasteiger partial charge in [-0.1, -0.05) is 6.08 Å². The molecule has 1 rings (SSSR count). The summed E-state index contributed by atoms with van der Waals surface area (Å²) in [6, 6.07) is 0. The normalized spacial score (nSPS) is 21.2. The Hall–Kier alpha value is -1.32. The fraction of sp³-hybridized carbons (Fsp3) is 0.692. The summed E-state index contributed by atoms with van der Waals surface area (Å²) in [6.07, 6.45) is 2.43. The summed E-state index contributed by atoms with van der Waals surface area (Å²) < 4.78 is 5.29. The largest absolute Gasteiger partial charge is 0.444 e. The van der Waals surface area contributed by atoms with Crippen LogP contribution in [0.15, 0.2) is 12.7 Å². The molecular weight excluding hydrogens is 218 g/mol. The van der Waals surface area contributed by atoms with Gasteiger partial charge < -0.3 is 9.64 Å². The highest BCUT2D eigenvalue weighted by molar-refractivity contribution is 5.84. The Labute approximate surface area is 103 Å². The van der Waals surface area contributed by atoms with Crippen LogP contribution in [0.2, 0.25) is 0 Å². The third-order valence-electron chi connectivity index (χ3n) is 2.63. The van der Waals surface area contributed by atoms with Crippen LogP contribution in [0.3, 0.4) is 0 Å². The Morgan fingerprint density at radius 3 is 2.76 bits per heavy atom. The highest BCUT2D eigenvalue weighted by atomic mass is 16.6. The zero-order valence-electron chi connectivity index (χ0n) is 10.9. The fourth-order valence-electron chi connectivity index (χ4n) is 1.81. The van der Waals surface area contributed by atoms with Crippen LogP contribution in [0, 0.1) is 5.92 Å². The van der Waals surface area contributed by atoms with Gasteiger partial charge in [-0.05, 0) is 27.2 Å². The SMILES string of the molecule is C=CC[C@H]1CN(C(=O)OC(C)(C)C)CCC1=O. The standard InChI is InChI=1S/C13H21NO3/c1-5-6-10-9-14(8-7-11(10)15)12(16)17-13(2,3)4/h5,10H,1,6-9H2,2-4H3/t10-/m0/s1. The van der Waals surface area contributed by atoms with E-state index in [1.165, 1.54) is 0 Å². The minimum Gasteiger partial charge on any atom is -0.444 e. The Bertz CT molecular complexity index is 317. The molecule has 1 heterocycles. The summed E-state index contributed by atoms with van der Waals surface area (Å²) in [7, 11) is 0. The molecule has 1 amide bonds. The summed E-state index contributed by atoms with van der Waals surface area (Å²) in [5.41, 5.74) is -0.494. The van der Waals surface area contributed by atoms with Gasteiger partial charge in [0.05, 0.1) is 0 Å². The third kappa shape index (κ3) is 4.21. The molecule has 4 heteroatoms. The van der Waals surface area contributed by atoms with Crippen molar-refractivity contribution in [3.63, 3.8) is 0 Å².